The van der Waals surface area contributed by atoms with Gasteiger partial charge in [-0.15, -0.1) is 10.2 Å². The second-order valence-corrected chi connectivity index (χ2v) is 5.77. The fourth-order valence-corrected chi connectivity index (χ4v) is 2.93. The van der Waals surface area contributed by atoms with E-state index in [0.717, 1.165) is 9.35 Å². The van der Waals surface area contributed by atoms with Crippen molar-refractivity contribution in [2.24, 2.45) is 0 Å². The second-order valence-electron chi connectivity index (χ2n) is 3.37. The Bertz CT molecular complexity index is 632. The minimum Gasteiger partial charge on any atom is -0.459 e. The molecule has 3 aromatic rings. The highest BCUT2D eigenvalue weighted by molar-refractivity contribution is 8.00. The minimum absolute atomic E-state index is 0.393. The average Bonchev–Trinajstić information content (AvgIpc) is 3.07. The maximum absolute atomic E-state index is 5.18. The number of furan rings is 1. The minimum atomic E-state index is 0.393. The summed E-state index contributed by atoms with van der Waals surface area (Å²) in [6.45, 7) is 1.92. The molecule has 0 amide bonds. The highest BCUT2D eigenvalue weighted by Crippen LogP contribution is 2.25. The molecule has 0 aliphatic carbocycles. The van der Waals surface area contributed by atoms with Crippen molar-refractivity contribution in [1.29, 1.82) is 0 Å². The van der Waals surface area contributed by atoms with Gasteiger partial charge in [0.2, 0.25) is 0 Å². The molecule has 92 valence electrons. The van der Waals surface area contributed by atoms with Gasteiger partial charge in [-0.2, -0.15) is 4.98 Å². The third kappa shape index (κ3) is 2.44. The number of thioether (sulfide) groups is 1. The molecule has 8 heteroatoms. The molecular weight excluding hydrogens is 272 g/mol. The molecule has 0 saturated heterocycles. The lowest BCUT2D eigenvalue weighted by molar-refractivity contribution is 0.411. The van der Waals surface area contributed by atoms with Gasteiger partial charge >= 0.3 is 0 Å². The molecule has 3 heterocycles. The standard InChI is InChI=1S/C10H8N4O2S2/c1-6-12-13-10(18-6)17-5-8-11-9(16-14-8)7-3-2-4-15-7/h2-4H,5H2,1H3. The number of aromatic nitrogens is 4. The van der Waals surface area contributed by atoms with E-state index in [2.05, 4.69) is 20.3 Å². The van der Waals surface area contributed by atoms with E-state index < -0.39 is 0 Å². The van der Waals surface area contributed by atoms with Gasteiger partial charge in [-0.1, -0.05) is 28.3 Å². The van der Waals surface area contributed by atoms with Gasteiger partial charge in [-0.25, -0.2) is 0 Å². The zero-order valence-electron chi connectivity index (χ0n) is 9.36. The third-order valence-corrected chi connectivity index (χ3v) is 4.00. The zero-order chi connectivity index (χ0) is 12.4. The molecular formula is C10H8N4O2S2. The number of hydrogen-bond acceptors (Lipinski definition) is 8. The molecule has 0 unspecified atom stereocenters. The van der Waals surface area contributed by atoms with Crippen molar-refractivity contribution < 1.29 is 8.94 Å². The maximum Gasteiger partial charge on any atom is 0.293 e. The maximum atomic E-state index is 5.18. The summed E-state index contributed by atoms with van der Waals surface area (Å²) >= 11 is 3.08. The van der Waals surface area contributed by atoms with Crippen LogP contribution in [0.1, 0.15) is 10.8 Å². The first-order valence-corrected chi connectivity index (χ1v) is 6.91. The lowest BCUT2D eigenvalue weighted by Crippen LogP contribution is -1.83. The first kappa shape index (κ1) is 11.4. The van der Waals surface area contributed by atoms with Gasteiger partial charge in [0, 0.05) is 0 Å². The number of nitrogens with zero attached hydrogens (tertiary/aromatic N) is 4. The van der Waals surface area contributed by atoms with E-state index in [0.29, 0.717) is 23.2 Å². The summed E-state index contributed by atoms with van der Waals surface area (Å²) in [6.07, 6.45) is 1.57. The van der Waals surface area contributed by atoms with Crippen LogP contribution in [-0.2, 0) is 5.75 Å². The fraction of sp³-hybridized carbons (Fsp3) is 0.200. The van der Waals surface area contributed by atoms with Crippen LogP contribution >= 0.6 is 23.1 Å². The lowest BCUT2D eigenvalue weighted by atomic mass is 10.4. The number of hydrogen-bond donors (Lipinski definition) is 0. The Morgan fingerprint density at radius 2 is 2.33 bits per heavy atom. The Morgan fingerprint density at radius 1 is 1.39 bits per heavy atom. The van der Waals surface area contributed by atoms with Gasteiger partial charge in [-0.05, 0) is 19.1 Å². The van der Waals surface area contributed by atoms with Gasteiger partial charge in [-0.3, -0.25) is 0 Å². The Labute approximate surface area is 110 Å². The molecule has 0 spiro atoms. The average molecular weight is 280 g/mol. The quantitative estimate of drug-likeness (QED) is 0.680. The molecule has 0 bridgehead atoms. The Kier molecular flexibility index (Phi) is 3.11. The van der Waals surface area contributed by atoms with Crippen LogP contribution in [0.4, 0.5) is 0 Å². The van der Waals surface area contributed by atoms with Crippen LogP contribution in [0.3, 0.4) is 0 Å². The zero-order valence-corrected chi connectivity index (χ0v) is 11.0. The van der Waals surface area contributed by atoms with Gasteiger partial charge in [0.05, 0.1) is 12.0 Å². The predicted molar refractivity (Wildman–Crippen MR) is 66.2 cm³/mol. The Balaban J connectivity index is 1.67. The Morgan fingerprint density at radius 3 is 3.06 bits per heavy atom. The van der Waals surface area contributed by atoms with Gasteiger partial charge < -0.3 is 8.94 Å². The topological polar surface area (TPSA) is 77.8 Å². The third-order valence-electron chi connectivity index (χ3n) is 2.03. The van der Waals surface area contributed by atoms with E-state index in [1.54, 1.807) is 29.7 Å². The van der Waals surface area contributed by atoms with Crippen molar-refractivity contribution in [3.8, 4) is 11.7 Å². The summed E-state index contributed by atoms with van der Waals surface area (Å²) in [5, 5.41) is 12.8. The van der Waals surface area contributed by atoms with Crippen molar-refractivity contribution in [1.82, 2.24) is 20.3 Å². The van der Waals surface area contributed by atoms with Crippen LogP contribution in [0.25, 0.3) is 11.7 Å². The molecule has 18 heavy (non-hydrogen) atoms. The molecule has 0 aromatic carbocycles. The molecule has 6 nitrogen and oxygen atoms in total. The van der Waals surface area contributed by atoms with E-state index in [9.17, 15) is 0 Å². The summed E-state index contributed by atoms with van der Waals surface area (Å²) < 4.78 is 11.2. The molecule has 0 aliphatic rings. The molecule has 0 saturated carbocycles. The summed E-state index contributed by atoms with van der Waals surface area (Å²) in [5.41, 5.74) is 0. The molecule has 0 atom stereocenters. The number of rotatable bonds is 4. The van der Waals surface area contributed by atoms with E-state index in [4.69, 9.17) is 8.94 Å². The van der Waals surface area contributed by atoms with E-state index in [1.807, 2.05) is 6.92 Å². The fourth-order valence-electron chi connectivity index (χ4n) is 1.28. The highest BCUT2D eigenvalue weighted by Gasteiger charge is 2.12. The molecule has 0 radical (unpaired) electrons. The SMILES string of the molecule is Cc1nnc(SCc2noc(-c3ccco3)n2)s1. The summed E-state index contributed by atoms with van der Waals surface area (Å²) in [5.74, 6) is 2.17. The van der Waals surface area contributed by atoms with Crippen molar-refractivity contribution in [2.75, 3.05) is 0 Å². The van der Waals surface area contributed by atoms with Crippen molar-refractivity contribution in [3.63, 3.8) is 0 Å². The van der Waals surface area contributed by atoms with E-state index >= 15 is 0 Å². The number of aryl methyl sites for hydroxylation is 1. The second kappa shape index (κ2) is 4.91. The molecule has 0 N–H and O–H groups in total. The smallest absolute Gasteiger partial charge is 0.293 e. The first-order chi connectivity index (χ1) is 8.81. The van der Waals surface area contributed by atoms with Crippen LogP contribution in [-0.4, -0.2) is 20.3 Å². The van der Waals surface area contributed by atoms with Crippen LogP contribution in [0.5, 0.6) is 0 Å². The molecule has 3 rings (SSSR count). The summed E-state index contributed by atoms with van der Waals surface area (Å²) in [4.78, 5) is 4.24. The normalized spacial score (nSPS) is 10.9. The highest BCUT2D eigenvalue weighted by atomic mass is 32.2. The molecule has 0 fully saturated rings. The molecule has 0 aliphatic heterocycles. The molecule has 3 aromatic heterocycles. The van der Waals surface area contributed by atoms with Gasteiger partial charge in [0.1, 0.15) is 5.01 Å². The van der Waals surface area contributed by atoms with Crippen LogP contribution in [0, 0.1) is 6.92 Å². The Hall–Kier alpha value is -1.67. The van der Waals surface area contributed by atoms with Crippen LogP contribution in [0.2, 0.25) is 0 Å². The van der Waals surface area contributed by atoms with E-state index in [-0.39, 0.29) is 0 Å². The van der Waals surface area contributed by atoms with Crippen LogP contribution < -0.4 is 0 Å². The first-order valence-electron chi connectivity index (χ1n) is 5.10. The summed E-state index contributed by atoms with van der Waals surface area (Å²) in [6, 6.07) is 3.55. The largest absolute Gasteiger partial charge is 0.459 e. The van der Waals surface area contributed by atoms with Crippen molar-refractivity contribution in [3.05, 3.63) is 29.2 Å². The van der Waals surface area contributed by atoms with Crippen molar-refractivity contribution >= 4 is 23.1 Å². The van der Waals surface area contributed by atoms with Crippen LogP contribution in [0.15, 0.2) is 31.7 Å². The predicted octanol–water partition coefficient (Wildman–Crippen LogP) is 2.78. The van der Waals surface area contributed by atoms with Crippen molar-refractivity contribution in [2.45, 2.75) is 17.0 Å². The summed E-state index contributed by atoms with van der Waals surface area (Å²) in [7, 11) is 0. The van der Waals surface area contributed by atoms with E-state index in [1.165, 1.54) is 11.8 Å². The van der Waals surface area contributed by atoms with Gasteiger partial charge in [0.25, 0.3) is 5.89 Å². The van der Waals surface area contributed by atoms with Gasteiger partial charge in [0.15, 0.2) is 15.9 Å². The lowest BCUT2D eigenvalue weighted by Gasteiger charge is -1.88. The monoisotopic (exact) mass is 280 g/mol.